The van der Waals surface area contributed by atoms with Crippen molar-refractivity contribution in [3.8, 4) is 0 Å². The van der Waals surface area contributed by atoms with E-state index in [2.05, 4.69) is 24.2 Å². The molecule has 2 N–H and O–H groups in total. The van der Waals surface area contributed by atoms with Crippen LogP contribution in [0.15, 0.2) is 10.3 Å². The number of unbranched alkanes of at least 4 members (excludes halogenated alkanes) is 1. The quantitative estimate of drug-likeness (QED) is 0.359. The van der Waals surface area contributed by atoms with Crippen molar-refractivity contribution in [1.82, 2.24) is 0 Å². The highest BCUT2D eigenvalue weighted by Gasteiger charge is 1.99. The van der Waals surface area contributed by atoms with E-state index in [1.54, 1.807) is 0 Å². The van der Waals surface area contributed by atoms with E-state index in [9.17, 15) is 0 Å². The fourth-order valence-corrected chi connectivity index (χ4v) is 1.03. The summed E-state index contributed by atoms with van der Waals surface area (Å²) in [6.07, 6.45) is 5.01. The van der Waals surface area contributed by atoms with Gasteiger partial charge in [-0.15, -0.1) is 0 Å². The van der Waals surface area contributed by atoms with E-state index in [1.165, 1.54) is 19.3 Å². The van der Waals surface area contributed by atoms with Crippen molar-refractivity contribution in [2.75, 3.05) is 6.54 Å². The van der Waals surface area contributed by atoms with E-state index < -0.39 is 0 Å². The first-order valence-electron chi connectivity index (χ1n) is 4.38. The molecule has 0 aliphatic rings. The zero-order chi connectivity index (χ0) is 8.53. The second-order valence-corrected chi connectivity index (χ2v) is 3.02. The molecule has 0 aliphatic heterocycles. The van der Waals surface area contributed by atoms with Gasteiger partial charge in [-0.05, 0) is 12.3 Å². The number of hydrogen-bond donors (Lipinski definition) is 1. The predicted octanol–water partition coefficient (Wildman–Crippen LogP) is 2.53. The third kappa shape index (κ3) is 7.30. The molecule has 0 spiro atoms. The van der Waals surface area contributed by atoms with Crippen molar-refractivity contribution in [1.29, 1.82) is 0 Å². The molecule has 0 aromatic carbocycles. The molecule has 0 amide bonds. The van der Waals surface area contributed by atoms with Gasteiger partial charge in [-0.2, -0.15) is 5.11 Å². The molecule has 3 nitrogen and oxygen atoms in total. The summed E-state index contributed by atoms with van der Waals surface area (Å²) >= 11 is 0. The minimum atomic E-state index is 0.764. The highest BCUT2D eigenvalue weighted by Crippen LogP contribution is 2.11. The van der Waals surface area contributed by atoms with Crippen LogP contribution in [0.3, 0.4) is 0 Å². The van der Waals surface area contributed by atoms with E-state index in [0.29, 0.717) is 0 Å². The van der Waals surface area contributed by atoms with E-state index in [4.69, 9.17) is 5.84 Å². The number of nitrogens with two attached hydrogens (primary N) is 1. The molecular weight excluding hydrogens is 138 g/mol. The highest BCUT2D eigenvalue weighted by atomic mass is 15.3. The van der Waals surface area contributed by atoms with Gasteiger partial charge in [0.1, 0.15) is 0 Å². The first-order valence-corrected chi connectivity index (χ1v) is 4.38. The molecule has 66 valence electrons. The van der Waals surface area contributed by atoms with Crippen molar-refractivity contribution >= 4 is 0 Å². The lowest BCUT2D eigenvalue weighted by molar-refractivity contribution is 0.474. The summed E-state index contributed by atoms with van der Waals surface area (Å²) in [7, 11) is 0. The molecular formula is C8H19N3. The highest BCUT2D eigenvalue weighted by molar-refractivity contribution is 4.53. The Hall–Kier alpha value is -0.600. The van der Waals surface area contributed by atoms with Gasteiger partial charge in [0.2, 0.25) is 0 Å². The number of nitrogens with zero attached hydrogens (tertiary/aromatic N) is 2. The van der Waals surface area contributed by atoms with Gasteiger partial charge in [-0.1, -0.05) is 38.3 Å². The normalized spacial score (nSPS) is 14.0. The Bertz CT molecular complexity index is 102. The monoisotopic (exact) mass is 157 g/mol. The average molecular weight is 157 g/mol. The standard InChI is InChI=1S/C8H19N3/c1-3-4-5-8(2)6-7-10-11-9/h8H,3-7H2,1-2H3,(H2,9,10). The summed E-state index contributed by atoms with van der Waals surface area (Å²) in [6.45, 7) is 5.25. The molecule has 0 heterocycles. The van der Waals surface area contributed by atoms with Gasteiger partial charge >= 0.3 is 0 Å². The maximum absolute atomic E-state index is 4.87. The lowest BCUT2D eigenvalue weighted by Gasteiger charge is -2.06. The third-order valence-corrected chi connectivity index (χ3v) is 1.85. The molecule has 3 heteroatoms. The first-order chi connectivity index (χ1) is 5.31. The summed E-state index contributed by atoms with van der Waals surface area (Å²) in [5.74, 6) is 5.64. The summed E-state index contributed by atoms with van der Waals surface area (Å²) in [4.78, 5) is 0. The third-order valence-electron chi connectivity index (χ3n) is 1.85. The Labute approximate surface area is 69.1 Å². The van der Waals surface area contributed by atoms with E-state index in [0.717, 1.165) is 18.9 Å². The smallest absolute Gasteiger partial charge is 0.0622 e. The van der Waals surface area contributed by atoms with Gasteiger partial charge in [0.15, 0.2) is 0 Å². The Morgan fingerprint density at radius 1 is 1.36 bits per heavy atom. The predicted molar refractivity (Wildman–Crippen MR) is 47.2 cm³/mol. The summed E-state index contributed by atoms with van der Waals surface area (Å²) in [5, 5.41) is 6.94. The van der Waals surface area contributed by atoms with Crippen molar-refractivity contribution in [3.63, 3.8) is 0 Å². The number of hydrogen-bond acceptors (Lipinski definition) is 2. The Kier molecular flexibility index (Phi) is 7.10. The molecule has 1 unspecified atom stereocenters. The van der Waals surface area contributed by atoms with E-state index >= 15 is 0 Å². The van der Waals surface area contributed by atoms with Crippen LogP contribution in [0.4, 0.5) is 0 Å². The largest absolute Gasteiger partial charge is 0.305 e. The van der Waals surface area contributed by atoms with Gasteiger partial charge < -0.3 is 5.84 Å². The van der Waals surface area contributed by atoms with Crippen molar-refractivity contribution in [2.24, 2.45) is 22.1 Å². The lowest BCUT2D eigenvalue weighted by atomic mass is 10.0. The SMILES string of the molecule is CCCCC(C)CCN=NN. The fraction of sp³-hybridized carbons (Fsp3) is 1.00. The van der Waals surface area contributed by atoms with E-state index in [1.807, 2.05) is 0 Å². The molecule has 0 fully saturated rings. The first kappa shape index (κ1) is 10.4. The van der Waals surface area contributed by atoms with Crippen molar-refractivity contribution in [2.45, 2.75) is 39.5 Å². The maximum Gasteiger partial charge on any atom is 0.0622 e. The minimum absolute atomic E-state index is 0.764. The molecule has 0 rings (SSSR count). The minimum Gasteiger partial charge on any atom is -0.305 e. The van der Waals surface area contributed by atoms with Gasteiger partial charge in [-0.25, -0.2) is 0 Å². The summed E-state index contributed by atoms with van der Waals surface area (Å²) in [5.41, 5.74) is 0. The Morgan fingerprint density at radius 2 is 2.09 bits per heavy atom. The Balaban J connectivity index is 3.15. The van der Waals surface area contributed by atoms with Crippen molar-refractivity contribution in [3.05, 3.63) is 0 Å². The summed E-state index contributed by atoms with van der Waals surface area (Å²) < 4.78 is 0. The molecule has 0 saturated carbocycles. The molecule has 0 aromatic rings. The second kappa shape index (κ2) is 7.51. The zero-order valence-corrected chi connectivity index (χ0v) is 7.58. The van der Waals surface area contributed by atoms with Crippen LogP contribution in [-0.2, 0) is 0 Å². The molecule has 0 aliphatic carbocycles. The lowest BCUT2D eigenvalue weighted by Crippen LogP contribution is -1.96. The van der Waals surface area contributed by atoms with Crippen LogP contribution < -0.4 is 5.84 Å². The molecule has 0 bridgehead atoms. The van der Waals surface area contributed by atoms with Crippen LogP contribution in [0, 0.1) is 5.92 Å². The van der Waals surface area contributed by atoms with Crippen LogP contribution >= 0.6 is 0 Å². The molecule has 1 atom stereocenters. The van der Waals surface area contributed by atoms with Crippen molar-refractivity contribution < 1.29 is 0 Å². The average Bonchev–Trinajstić information content (AvgIpc) is 2.01. The van der Waals surface area contributed by atoms with Crippen LogP contribution in [0.5, 0.6) is 0 Å². The fourth-order valence-electron chi connectivity index (χ4n) is 1.03. The zero-order valence-electron chi connectivity index (χ0n) is 7.58. The van der Waals surface area contributed by atoms with Crippen LogP contribution in [0.25, 0.3) is 0 Å². The van der Waals surface area contributed by atoms with Gasteiger partial charge in [0, 0.05) is 0 Å². The second-order valence-electron chi connectivity index (χ2n) is 3.02. The summed E-state index contributed by atoms with van der Waals surface area (Å²) in [6, 6.07) is 0. The van der Waals surface area contributed by atoms with E-state index in [-0.39, 0.29) is 0 Å². The molecule has 11 heavy (non-hydrogen) atoms. The number of rotatable bonds is 6. The maximum atomic E-state index is 4.87. The van der Waals surface area contributed by atoms with Crippen LogP contribution in [0.2, 0.25) is 0 Å². The molecule has 0 aromatic heterocycles. The van der Waals surface area contributed by atoms with Crippen LogP contribution in [-0.4, -0.2) is 6.54 Å². The molecule has 0 radical (unpaired) electrons. The van der Waals surface area contributed by atoms with Gasteiger partial charge in [-0.3, -0.25) is 0 Å². The van der Waals surface area contributed by atoms with Crippen LogP contribution in [0.1, 0.15) is 39.5 Å². The molecule has 0 saturated heterocycles. The topological polar surface area (TPSA) is 50.7 Å². The Morgan fingerprint density at radius 3 is 2.64 bits per heavy atom. The van der Waals surface area contributed by atoms with Gasteiger partial charge in [0.05, 0.1) is 6.54 Å². The van der Waals surface area contributed by atoms with Gasteiger partial charge in [0.25, 0.3) is 0 Å².